The fraction of sp³-hybridized carbons (Fsp3) is 0.875. The lowest BCUT2D eigenvalue weighted by molar-refractivity contribution is -0.111. The third kappa shape index (κ3) is 5.04. The Labute approximate surface area is 88.2 Å². The average Bonchev–Trinajstić information content (AvgIpc) is 2.64. The van der Waals surface area contributed by atoms with Gasteiger partial charge in [-0.2, -0.15) is 0 Å². The SMILES string of the molecule is O=PC(=O)CCCCC1CCSS1. The summed E-state index contributed by atoms with van der Waals surface area (Å²) in [5.41, 5.74) is -0.159. The number of carbonyl (C=O) groups is 1. The molecule has 1 saturated heterocycles. The normalized spacial score (nSPS) is 22.3. The smallest absolute Gasteiger partial charge is 0.231 e. The van der Waals surface area contributed by atoms with Crippen molar-refractivity contribution in [2.24, 2.45) is 0 Å². The van der Waals surface area contributed by atoms with E-state index in [0.29, 0.717) is 6.42 Å². The zero-order valence-corrected chi connectivity index (χ0v) is 9.93. The zero-order valence-electron chi connectivity index (χ0n) is 7.40. The van der Waals surface area contributed by atoms with Gasteiger partial charge in [-0.3, -0.25) is 9.36 Å². The maximum Gasteiger partial charge on any atom is 0.231 e. The maximum absolute atomic E-state index is 10.7. The Bertz CT molecular complexity index is 181. The van der Waals surface area contributed by atoms with Crippen molar-refractivity contribution in [3.63, 3.8) is 0 Å². The van der Waals surface area contributed by atoms with Crippen LogP contribution in [0.3, 0.4) is 0 Å². The molecule has 74 valence electrons. The standard InChI is InChI=1S/C8H13O2PS2/c9-8(11-10)4-2-1-3-7-5-6-12-13-7/h7H,1-6H2. The summed E-state index contributed by atoms with van der Waals surface area (Å²) in [6.45, 7) is 0. The molecule has 2 nitrogen and oxygen atoms in total. The second-order valence-electron chi connectivity index (χ2n) is 3.06. The molecule has 0 aliphatic carbocycles. The third-order valence-electron chi connectivity index (χ3n) is 2.00. The minimum Gasteiger partial charge on any atom is -0.286 e. The molecule has 0 aromatic heterocycles. The summed E-state index contributed by atoms with van der Waals surface area (Å²) in [4.78, 5) is 10.7. The van der Waals surface area contributed by atoms with Gasteiger partial charge < -0.3 is 0 Å². The highest BCUT2D eigenvalue weighted by Crippen LogP contribution is 2.39. The first-order valence-electron chi connectivity index (χ1n) is 4.47. The molecule has 13 heavy (non-hydrogen) atoms. The lowest BCUT2D eigenvalue weighted by Crippen LogP contribution is -1.97. The molecule has 0 aromatic carbocycles. The Morgan fingerprint density at radius 1 is 1.46 bits per heavy atom. The van der Waals surface area contributed by atoms with Crippen LogP contribution in [-0.4, -0.2) is 16.5 Å². The number of hydrogen-bond donors (Lipinski definition) is 0. The van der Waals surface area contributed by atoms with Crippen LogP contribution in [0.15, 0.2) is 0 Å². The molecule has 0 spiro atoms. The van der Waals surface area contributed by atoms with E-state index < -0.39 is 0 Å². The van der Waals surface area contributed by atoms with Gasteiger partial charge in [0.05, 0.1) is 0 Å². The van der Waals surface area contributed by atoms with E-state index in [1.165, 1.54) is 18.6 Å². The topological polar surface area (TPSA) is 34.1 Å². The molecule has 1 aliphatic heterocycles. The van der Waals surface area contributed by atoms with Crippen molar-refractivity contribution in [2.75, 3.05) is 5.75 Å². The fourth-order valence-corrected chi connectivity index (χ4v) is 4.54. The monoisotopic (exact) mass is 236 g/mol. The summed E-state index contributed by atoms with van der Waals surface area (Å²) in [5.74, 6) is 1.27. The quantitative estimate of drug-likeness (QED) is 0.401. The first-order chi connectivity index (χ1) is 6.33. The van der Waals surface area contributed by atoms with Crippen LogP contribution in [0.25, 0.3) is 0 Å². The van der Waals surface area contributed by atoms with Crippen LogP contribution in [0.5, 0.6) is 0 Å². The Balaban J connectivity index is 1.94. The van der Waals surface area contributed by atoms with E-state index in [2.05, 4.69) is 0 Å². The molecule has 1 fully saturated rings. The molecule has 1 aliphatic rings. The predicted molar refractivity (Wildman–Crippen MR) is 59.5 cm³/mol. The van der Waals surface area contributed by atoms with E-state index in [4.69, 9.17) is 0 Å². The highest BCUT2D eigenvalue weighted by Gasteiger charge is 2.15. The van der Waals surface area contributed by atoms with Gasteiger partial charge in [0.2, 0.25) is 14.0 Å². The van der Waals surface area contributed by atoms with E-state index >= 15 is 0 Å². The molecular formula is C8H13O2PS2. The molecular weight excluding hydrogens is 223 g/mol. The minimum absolute atomic E-state index is 0.159. The summed E-state index contributed by atoms with van der Waals surface area (Å²) >= 11 is 0. The number of rotatable bonds is 6. The van der Waals surface area contributed by atoms with Gasteiger partial charge in [-0.1, -0.05) is 28.0 Å². The molecule has 5 heteroatoms. The van der Waals surface area contributed by atoms with E-state index in [0.717, 1.165) is 18.1 Å². The molecule has 0 amide bonds. The number of carbonyl (C=O) groups excluding carboxylic acids is 1. The highest BCUT2D eigenvalue weighted by atomic mass is 33.1. The summed E-state index contributed by atoms with van der Waals surface area (Å²) in [7, 11) is 3.61. The highest BCUT2D eigenvalue weighted by molar-refractivity contribution is 8.77. The van der Waals surface area contributed by atoms with Crippen LogP contribution in [0.1, 0.15) is 32.1 Å². The minimum atomic E-state index is -0.319. The molecule has 0 N–H and O–H groups in total. The van der Waals surface area contributed by atoms with Gasteiger partial charge in [-0.25, -0.2) is 0 Å². The van der Waals surface area contributed by atoms with Crippen LogP contribution in [0.4, 0.5) is 0 Å². The second-order valence-corrected chi connectivity index (χ2v) is 6.53. The molecule has 0 radical (unpaired) electrons. The largest absolute Gasteiger partial charge is 0.286 e. The van der Waals surface area contributed by atoms with E-state index in [1.807, 2.05) is 21.6 Å². The van der Waals surface area contributed by atoms with Crippen LogP contribution < -0.4 is 0 Å². The molecule has 0 saturated carbocycles. The van der Waals surface area contributed by atoms with Crippen molar-refractivity contribution in [2.45, 2.75) is 37.4 Å². The van der Waals surface area contributed by atoms with Crippen LogP contribution in [0.2, 0.25) is 0 Å². The third-order valence-corrected chi connectivity index (χ3v) is 5.43. The molecule has 0 bridgehead atoms. The summed E-state index contributed by atoms with van der Waals surface area (Å²) < 4.78 is 10.1. The predicted octanol–water partition coefficient (Wildman–Crippen LogP) is 3.52. The first-order valence-corrected chi connectivity index (χ1v) is 7.67. The summed E-state index contributed by atoms with van der Waals surface area (Å²) in [6.07, 6.45) is 4.99. The van der Waals surface area contributed by atoms with Gasteiger partial charge >= 0.3 is 0 Å². The van der Waals surface area contributed by atoms with Crippen molar-refractivity contribution in [1.29, 1.82) is 0 Å². The molecule has 1 heterocycles. The van der Waals surface area contributed by atoms with E-state index in [-0.39, 0.29) is 14.0 Å². The van der Waals surface area contributed by atoms with Crippen molar-refractivity contribution < 1.29 is 9.36 Å². The summed E-state index contributed by atoms with van der Waals surface area (Å²) in [5, 5.41) is 0.796. The maximum atomic E-state index is 10.7. The molecule has 1 unspecified atom stereocenters. The lowest BCUT2D eigenvalue weighted by atomic mass is 10.1. The second kappa shape index (κ2) is 6.86. The van der Waals surface area contributed by atoms with E-state index in [1.54, 1.807) is 0 Å². The number of unbranched alkanes of at least 4 members (excludes halogenated alkanes) is 1. The Hall–Kier alpha value is 0.470. The number of hydrogen-bond acceptors (Lipinski definition) is 4. The Kier molecular flexibility index (Phi) is 6.09. The van der Waals surface area contributed by atoms with Gasteiger partial charge in [-0.05, 0) is 19.3 Å². The molecule has 0 aromatic rings. The van der Waals surface area contributed by atoms with Crippen LogP contribution in [-0.2, 0) is 9.36 Å². The van der Waals surface area contributed by atoms with Crippen molar-refractivity contribution in [1.82, 2.24) is 0 Å². The van der Waals surface area contributed by atoms with Crippen LogP contribution >= 0.6 is 30.0 Å². The van der Waals surface area contributed by atoms with E-state index in [9.17, 15) is 9.36 Å². The fourth-order valence-electron chi connectivity index (χ4n) is 1.26. The zero-order chi connectivity index (χ0) is 9.52. The van der Waals surface area contributed by atoms with Gasteiger partial charge in [0.25, 0.3) is 0 Å². The van der Waals surface area contributed by atoms with Crippen molar-refractivity contribution >= 4 is 35.6 Å². The van der Waals surface area contributed by atoms with Gasteiger partial charge in [0.15, 0.2) is 0 Å². The lowest BCUT2D eigenvalue weighted by Gasteiger charge is -2.04. The summed E-state index contributed by atoms with van der Waals surface area (Å²) in [6, 6.07) is 0. The average molecular weight is 236 g/mol. The van der Waals surface area contributed by atoms with Crippen LogP contribution in [0, 0.1) is 0 Å². The van der Waals surface area contributed by atoms with Gasteiger partial charge in [0.1, 0.15) is 0 Å². The first kappa shape index (κ1) is 11.5. The van der Waals surface area contributed by atoms with Gasteiger partial charge in [0, 0.05) is 17.4 Å². The Morgan fingerprint density at radius 2 is 2.31 bits per heavy atom. The van der Waals surface area contributed by atoms with Gasteiger partial charge in [-0.15, -0.1) is 0 Å². The molecule has 1 atom stereocenters. The molecule has 1 rings (SSSR count). The van der Waals surface area contributed by atoms with Crippen molar-refractivity contribution in [3.05, 3.63) is 0 Å². The Morgan fingerprint density at radius 3 is 2.92 bits per heavy atom. The van der Waals surface area contributed by atoms with Crippen molar-refractivity contribution in [3.8, 4) is 0 Å².